The lowest BCUT2D eigenvalue weighted by Crippen LogP contribution is -2.52. The van der Waals surface area contributed by atoms with E-state index in [1.54, 1.807) is 19.2 Å². The van der Waals surface area contributed by atoms with Crippen LogP contribution in [0.1, 0.15) is 10.4 Å². The summed E-state index contributed by atoms with van der Waals surface area (Å²) >= 11 is 0. The van der Waals surface area contributed by atoms with E-state index in [2.05, 4.69) is 0 Å². The minimum absolute atomic E-state index is 0.0318. The number of methoxy groups -OCH3 is 1. The molecule has 1 fully saturated rings. The topological polar surface area (TPSA) is 49.8 Å². The molecule has 4 nitrogen and oxygen atoms in total. The normalized spacial score (nSPS) is 16.9. The highest BCUT2D eigenvalue weighted by Crippen LogP contribution is 2.19. The molecule has 86 valence electrons. The summed E-state index contributed by atoms with van der Waals surface area (Å²) in [5.74, 6) is 0.637. The van der Waals surface area contributed by atoms with E-state index in [-0.39, 0.29) is 11.9 Å². The van der Waals surface area contributed by atoms with Crippen molar-refractivity contribution in [3.05, 3.63) is 29.8 Å². The van der Waals surface area contributed by atoms with Crippen molar-refractivity contribution in [3.63, 3.8) is 0 Å². The van der Waals surface area contributed by atoms with E-state index in [4.69, 9.17) is 9.84 Å². The van der Waals surface area contributed by atoms with Gasteiger partial charge in [0, 0.05) is 13.1 Å². The number of hydrogen-bond acceptors (Lipinski definition) is 4. The van der Waals surface area contributed by atoms with Crippen LogP contribution in [-0.2, 0) is 0 Å². The third kappa shape index (κ3) is 2.23. The summed E-state index contributed by atoms with van der Waals surface area (Å²) in [6, 6.07) is 7.19. The van der Waals surface area contributed by atoms with Gasteiger partial charge in [-0.2, -0.15) is 0 Å². The number of β-amino-alcohol motifs (C(OH)–C–C–N with tert-alkyl or cyclic N) is 1. The minimum atomic E-state index is -0.273. The Bertz CT molecular complexity index is 386. The Labute approximate surface area is 94.4 Å². The quantitative estimate of drug-likeness (QED) is 0.754. The number of rotatable bonds is 4. The summed E-state index contributed by atoms with van der Waals surface area (Å²) in [6.07, 6.45) is -0.273. The summed E-state index contributed by atoms with van der Waals surface area (Å²) in [5.41, 5.74) is 0.603. The van der Waals surface area contributed by atoms with Crippen molar-refractivity contribution >= 4 is 5.78 Å². The number of Topliss-reactive ketones (excluding diaryl/α,β-unsaturated/α-hetero) is 1. The molecule has 1 aliphatic rings. The Hall–Kier alpha value is -1.39. The van der Waals surface area contributed by atoms with E-state index in [9.17, 15) is 4.79 Å². The van der Waals surface area contributed by atoms with Crippen LogP contribution in [0.2, 0.25) is 0 Å². The maximum atomic E-state index is 11.9. The van der Waals surface area contributed by atoms with Crippen LogP contribution < -0.4 is 4.74 Å². The molecule has 0 bridgehead atoms. The number of likely N-dealkylation sites (tertiary alicyclic amines) is 1. The highest BCUT2D eigenvalue weighted by atomic mass is 16.5. The average molecular weight is 221 g/mol. The van der Waals surface area contributed by atoms with E-state index >= 15 is 0 Å². The van der Waals surface area contributed by atoms with Gasteiger partial charge in [0.05, 0.1) is 25.3 Å². The molecule has 1 aromatic rings. The van der Waals surface area contributed by atoms with Gasteiger partial charge in [0.25, 0.3) is 0 Å². The summed E-state index contributed by atoms with van der Waals surface area (Å²) in [5, 5.41) is 9.12. The molecule has 16 heavy (non-hydrogen) atoms. The zero-order valence-corrected chi connectivity index (χ0v) is 9.22. The van der Waals surface area contributed by atoms with Gasteiger partial charge in [-0.1, -0.05) is 12.1 Å². The number of hydrogen-bond donors (Lipinski definition) is 1. The molecule has 0 unspecified atom stereocenters. The molecule has 1 saturated heterocycles. The van der Waals surface area contributed by atoms with Crippen molar-refractivity contribution in [1.82, 2.24) is 4.90 Å². The van der Waals surface area contributed by atoms with E-state index in [1.807, 2.05) is 17.0 Å². The molecule has 1 heterocycles. The van der Waals surface area contributed by atoms with Crippen LogP contribution in [0.5, 0.6) is 5.75 Å². The highest BCUT2D eigenvalue weighted by Gasteiger charge is 2.26. The third-order valence-corrected chi connectivity index (χ3v) is 2.71. The first-order valence-electron chi connectivity index (χ1n) is 5.27. The first-order valence-corrected chi connectivity index (χ1v) is 5.27. The number of aliphatic hydroxyl groups is 1. The standard InChI is InChI=1S/C12H15NO3/c1-16-12-5-3-2-4-10(12)11(15)8-13-6-9(14)7-13/h2-5,9,14H,6-8H2,1H3. The molecule has 4 heteroatoms. The Kier molecular flexibility index (Phi) is 3.22. The summed E-state index contributed by atoms with van der Waals surface area (Å²) in [7, 11) is 1.56. The number of benzene rings is 1. The van der Waals surface area contributed by atoms with Gasteiger partial charge in [-0.05, 0) is 12.1 Å². The number of aliphatic hydroxyl groups excluding tert-OH is 1. The monoisotopic (exact) mass is 221 g/mol. The molecular formula is C12H15NO3. The summed E-state index contributed by atoms with van der Waals surface area (Å²) in [6.45, 7) is 1.51. The number of nitrogens with zero attached hydrogens (tertiary/aromatic N) is 1. The smallest absolute Gasteiger partial charge is 0.180 e. The number of carbonyl (C=O) groups is 1. The second-order valence-electron chi connectivity index (χ2n) is 3.97. The second kappa shape index (κ2) is 4.63. The maximum absolute atomic E-state index is 11.9. The van der Waals surface area contributed by atoms with Gasteiger partial charge < -0.3 is 9.84 Å². The lowest BCUT2D eigenvalue weighted by atomic mass is 10.1. The lowest BCUT2D eigenvalue weighted by molar-refractivity contribution is 0.00511. The van der Waals surface area contributed by atoms with E-state index < -0.39 is 0 Å². The van der Waals surface area contributed by atoms with Gasteiger partial charge in [-0.3, -0.25) is 9.69 Å². The first kappa shape index (κ1) is 11.1. The average Bonchev–Trinajstić information content (AvgIpc) is 2.27. The fraction of sp³-hybridized carbons (Fsp3) is 0.417. The van der Waals surface area contributed by atoms with Crippen LogP contribution in [0.15, 0.2) is 24.3 Å². The number of para-hydroxylation sites is 1. The molecule has 0 saturated carbocycles. The van der Waals surface area contributed by atoms with Crippen molar-refractivity contribution in [1.29, 1.82) is 0 Å². The van der Waals surface area contributed by atoms with Gasteiger partial charge in [-0.15, -0.1) is 0 Å². The maximum Gasteiger partial charge on any atom is 0.180 e. The van der Waals surface area contributed by atoms with Crippen molar-refractivity contribution < 1.29 is 14.6 Å². The Morgan fingerprint density at radius 2 is 2.19 bits per heavy atom. The largest absolute Gasteiger partial charge is 0.496 e. The van der Waals surface area contributed by atoms with Gasteiger partial charge in [-0.25, -0.2) is 0 Å². The molecule has 1 N–H and O–H groups in total. The molecule has 0 aliphatic carbocycles. The third-order valence-electron chi connectivity index (χ3n) is 2.71. The van der Waals surface area contributed by atoms with Crippen LogP contribution in [-0.4, -0.2) is 48.6 Å². The molecule has 0 radical (unpaired) electrons. The molecule has 0 atom stereocenters. The zero-order valence-electron chi connectivity index (χ0n) is 9.22. The van der Waals surface area contributed by atoms with Crippen molar-refractivity contribution in [2.24, 2.45) is 0 Å². The molecule has 0 amide bonds. The number of ketones is 1. The first-order chi connectivity index (χ1) is 7.70. The van der Waals surface area contributed by atoms with Gasteiger partial charge in [0.2, 0.25) is 0 Å². The molecule has 1 aromatic carbocycles. The fourth-order valence-electron chi connectivity index (χ4n) is 1.83. The van der Waals surface area contributed by atoms with E-state index in [0.29, 0.717) is 30.9 Å². The van der Waals surface area contributed by atoms with Crippen LogP contribution in [0.25, 0.3) is 0 Å². The highest BCUT2D eigenvalue weighted by molar-refractivity contribution is 6.00. The summed E-state index contributed by atoms with van der Waals surface area (Å²) in [4.78, 5) is 13.8. The second-order valence-corrected chi connectivity index (χ2v) is 3.97. The molecule has 1 aliphatic heterocycles. The van der Waals surface area contributed by atoms with Crippen LogP contribution in [0, 0.1) is 0 Å². The SMILES string of the molecule is COc1ccccc1C(=O)CN1CC(O)C1. The van der Waals surface area contributed by atoms with Crippen molar-refractivity contribution in [2.75, 3.05) is 26.7 Å². The Morgan fingerprint density at radius 3 is 2.81 bits per heavy atom. The van der Waals surface area contributed by atoms with Gasteiger partial charge in [0.1, 0.15) is 5.75 Å². The van der Waals surface area contributed by atoms with Crippen LogP contribution >= 0.6 is 0 Å². The predicted molar refractivity (Wildman–Crippen MR) is 59.8 cm³/mol. The van der Waals surface area contributed by atoms with Crippen LogP contribution in [0.4, 0.5) is 0 Å². The zero-order chi connectivity index (χ0) is 11.5. The number of carbonyl (C=O) groups excluding carboxylic acids is 1. The molecular weight excluding hydrogens is 206 g/mol. The van der Waals surface area contributed by atoms with E-state index in [0.717, 1.165) is 0 Å². The molecule has 2 rings (SSSR count). The van der Waals surface area contributed by atoms with Crippen LogP contribution in [0.3, 0.4) is 0 Å². The van der Waals surface area contributed by atoms with E-state index in [1.165, 1.54) is 0 Å². The minimum Gasteiger partial charge on any atom is -0.496 e. The van der Waals surface area contributed by atoms with Gasteiger partial charge >= 0.3 is 0 Å². The van der Waals surface area contributed by atoms with Crippen molar-refractivity contribution in [3.8, 4) is 5.75 Å². The molecule has 0 aromatic heterocycles. The van der Waals surface area contributed by atoms with Gasteiger partial charge in [0.15, 0.2) is 5.78 Å². The fourth-order valence-corrected chi connectivity index (χ4v) is 1.83. The Morgan fingerprint density at radius 1 is 1.50 bits per heavy atom. The van der Waals surface area contributed by atoms with Crippen molar-refractivity contribution in [2.45, 2.75) is 6.10 Å². The lowest BCUT2D eigenvalue weighted by Gasteiger charge is -2.35. The Balaban J connectivity index is 2.03. The predicted octanol–water partition coefficient (Wildman–Crippen LogP) is 0.554. The summed E-state index contributed by atoms with van der Waals surface area (Å²) < 4.78 is 5.13. The number of ether oxygens (including phenoxy) is 1. The molecule has 0 spiro atoms.